The second-order valence-corrected chi connectivity index (χ2v) is 6.01. The van der Waals surface area contributed by atoms with Crippen molar-refractivity contribution in [1.29, 1.82) is 0 Å². The highest BCUT2D eigenvalue weighted by Crippen LogP contribution is 2.05. The quantitative estimate of drug-likeness (QED) is 0.597. The van der Waals surface area contributed by atoms with Gasteiger partial charge in [-0.15, -0.1) is 0 Å². The van der Waals surface area contributed by atoms with Gasteiger partial charge in [0.1, 0.15) is 0 Å². The molecular formula is C11H26N2O2S. The van der Waals surface area contributed by atoms with E-state index in [4.69, 9.17) is 0 Å². The van der Waals surface area contributed by atoms with E-state index in [9.17, 15) is 8.42 Å². The molecule has 0 rings (SSSR count). The zero-order valence-electron chi connectivity index (χ0n) is 10.8. The molecule has 16 heavy (non-hydrogen) atoms. The minimum absolute atomic E-state index is 0.264. The van der Waals surface area contributed by atoms with E-state index < -0.39 is 10.0 Å². The van der Waals surface area contributed by atoms with E-state index in [1.165, 1.54) is 0 Å². The van der Waals surface area contributed by atoms with Gasteiger partial charge in [-0.05, 0) is 32.4 Å². The molecule has 0 aromatic rings. The lowest BCUT2D eigenvalue weighted by Gasteiger charge is -2.20. The molecular weight excluding hydrogens is 224 g/mol. The first-order valence-electron chi connectivity index (χ1n) is 6.27. The highest BCUT2D eigenvalue weighted by Gasteiger charge is 2.19. The van der Waals surface area contributed by atoms with Crippen LogP contribution in [0.5, 0.6) is 0 Å². The Hall–Kier alpha value is -0.130. The second-order valence-electron chi connectivity index (χ2n) is 3.92. The van der Waals surface area contributed by atoms with Gasteiger partial charge in [0.05, 0.1) is 5.75 Å². The SMILES string of the molecule is CCCN(CCC)S(=O)(=O)CCCNCC. The standard InChI is InChI=1S/C11H26N2O2S/c1-4-9-13(10-5-2)16(14,15)11-7-8-12-6-3/h12H,4-11H2,1-3H3. The van der Waals surface area contributed by atoms with Crippen molar-refractivity contribution in [1.82, 2.24) is 9.62 Å². The molecule has 0 atom stereocenters. The zero-order chi connectivity index (χ0) is 12.4. The summed E-state index contributed by atoms with van der Waals surface area (Å²) in [4.78, 5) is 0. The first kappa shape index (κ1) is 15.9. The minimum atomic E-state index is -3.03. The summed E-state index contributed by atoms with van der Waals surface area (Å²) >= 11 is 0. The summed E-state index contributed by atoms with van der Waals surface area (Å²) in [5, 5.41) is 3.14. The van der Waals surface area contributed by atoms with E-state index >= 15 is 0 Å². The van der Waals surface area contributed by atoms with Gasteiger partial charge in [-0.3, -0.25) is 0 Å². The smallest absolute Gasteiger partial charge is 0.214 e. The highest BCUT2D eigenvalue weighted by atomic mass is 32.2. The Balaban J connectivity index is 4.13. The molecule has 0 aliphatic rings. The van der Waals surface area contributed by atoms with Gasteiger partial charge in [0.2, 0.25) is 10.0 Å². The van der Waals surface area contributed by atoms with Crippen LogP contribution in [0.15, 0.2) is 0 Å². The van der Waals surface area contributed by atoms with Gasteiger partial charge >= 0.3 is 0 Å². The van der Waals surface area contributed by atoms with Crippen LogP contribution in [0.4, 0.5) is 0 Å². The lowest BCUT2D eigenvalue weighted by atomic mass is 10.4. The molecule has 0 fully saturated rings. The Kier molecular flexibility index (Phi) is 8.89. The molecule has 0 amide bonds. The van der Waals surface area contributed by atoms with Crippen molar-refractivity contribution in [3.63, 3.8) is 0 Å². The lowest BCUT2D eigenvalue weighted by molar-refractivity contribution is 0.409. The fourth-order valence-corrected chi connectivity index (χ4v) is 3.26. The molecule has 0 saturated heterocycles. The van der Waals surface area contributed by atoms with Crippen molar-refractivity contribution in [3.05, 3.63) is 0 Å². The number of sulfonamides is 1. The van der Waals surface area contributed by atoms with Crippen molar-refractivity contribution in [2.75, 3.05) is 31.9 Å². The summed E-state index contributed by atoms with van der Waals surface area (Å²) in [6, 6.07) is 0. The Bertz CT molecular complexity index is 247. The van der Waals surface area contributed by atoms with Crippen LogP contribution >= 0.6 is 0 Å². The van der Waals surface area contributed by atoms with E-state index in [1.54, 1.807) is 4.31 Å². The predicted molar refractivity (Wildman–Crippen MR) is 69.1 cm³/mol. The fourth-order valence-electron chi connectivity index (χ4n) is 1.57. The van der Waals surface area contributed by atoms with Crippen LogP contribution in [-0.2, 0) is 10.0 Å². The Morgan fingerprint density at radius 2 is 1.62 bits per heavy atom. The van der Waals surface area contributed by atoms with Gasteiger partial charge in [-0.2, -0.15) is 0 Å². The van der Waals surface area contributed by atoms with Crippen molar-refractivity contribution in [2.24, 2.45) is 0 Å². The van der Waals surface area contributed by atoms with Crippen LogP contribution in [0.25, 0.3) is 0 Å². The van der Waals surface area contributed by atoms with Gasteiger partial charge in [-0.25, -0.2) is 12.7 Å². The molecule has 4 nitrogen and oxygen atoms in total. The Labute approximate surface area is 100 Å². The number of hydrogen-bond donors (Lipinski definition) is 1. The first-order chi connectivity index (χ1) is 7.58. The summed E-state index contributed by atoms with van der Waals surface area (Å²) in [6.07, 6.45) is 2.46. The lowest BCUT2D eigenvalue weighted by Crippen LogP contribution is -2.35. The van der Waals surface area contributed by atoms with E-state index in [1.807, 2.05) is 20.8 Å². The van der Waals surface area contributed by atoms with Crippen LogP contribution in [0, 0.1) is 0 Å². The molecule has 0 heterocycles. The average Bonchev–Trinajstić information content (AvgIpc) is 2.24. The largest absolute Gasteiger partial charge is 0.317 e. The molecule has 0 bridgehead atoms. The second kappa shape index (κ2) is 8.96. The third kappa shape index (κ3) is 6.45. The molecule has 98 valence electrons. The van der Waals surface area contributed by atoms with Gasteiger partial charge in [0, 0.05) is 13.1 Å². The van der Waals surface area contributed by atoms with Gasteiger partial charge in [0.25, 0.3) is 0 Å². The Morgan fingerprint density at radius 1 is 1.06 bits per heavy atom. The summed E-state index contributed by atoms with van der Waals surface area (Å²) in [5.74, 6) is 0.264. The molecule has 0 aliphatic heterocycles. The number of rotatable bonds is 10. The summed E-state index contributed by atoms with van der Waals surface area (Å²) in [7, 11) is -3.03. The zero-order valence-corrected chi connectivity index (χ0v) is 11.6. The van der Waals surface area contributed by atoms with E-state index in [0.717, 1.165) is 25.9 Å². The number of nitrogens with one attached hydrogen (secondary N) is 1. The molecule has 0 spiro atoms. The van der Waals surface area contributed by atoms with E-state index in [-0.39, 0.29) is 5.75 Å². The molecule has 0 aromatic carbocycles. The first-order valence-corrected chi connectivity index (χ1v) is 7.87. The fraction of sp³-hybridized carbons (Fsp3) is 1.00. The van der Waals surface area contributed by atoms with Gasteiger partial charge < -0.3 is 5.32 Å². The number of nitrogens with zero attached hydrogens (tertiary/aromatic N) is 1. The molecule has 0 aliphatic carbocycles. The van der Waals surface area contributed by atoms with Gasteiger partial charge in [-0.1, -0.05) is 20.8 Å². The molecule has 0 aromatic heterocycles. The third-order valence-corrected chi connectivity index (χ3v) is 4.30. The Morgan fingerprint density at radius 3 is 2.06 bits per heavy atom. The maximum Gasteiger partial charge on any atom is 0.214 e. The van der Waals surface area contributed by atoms with Crippen LogP contribution < -0.4 is 5.32 Å². The van der Waals surface area contributed by atoms with Crippen molar-refractivity contribution < 1.29 is 8.42 Å². The molecule has 0 unspecified atom stereocenters. The summed E-state index contributed by atoms with van der Waals surface area (Å²) in [6.45, 7) is 9.02. The van der Waals surface area contributed by atoms with Crippen LogP contribution in [0.3, 0.4) is 0 Å². The molecule has 1 N–H and O–H groups in total. The van der Waals surface area contributed by atoms with Crippen LogP contribution in [0.1, 0.15) is 40.0 Å². The summed E-state index contributed by atoms with van der Waals surface area (Å²) < 4.78 is 25.6. The minimum Gasteiger partial charge on any atom is -0.317 e. The summed E-state index contributed by atoms with van der Waals surface area (Å²) in [5.41, 5.74) is 0. The van der Waals surface area contributed by atoms with E-state index in [0.29, 0.717) is 19.5 Å². The topological polar surface area (TPSA) is 49.4 Å². The van der Waals surface area contributed by atoms with Gasteiger partial charge in [0.15, 0.2) is 0 Å². The molecule has 0 radical (unpaired) electrons. The average molecular weight is 250 g/mol. The van der Waals surface area contributed by atoms with E-state index in [2.05, 4.69) is 5.32 Å². The van der Waals surface area contributed by atoms with Crippen molar-refractivity contribution >= 4 is 10.0 Å². The van der Waals surface area contributed by atoms with Crippen molar-refractivity contribution in [2.45, 2.75) is 40.0 Å². The molecule has 0 saturated carbocycles. The molecule has 5 heteroatoms. The van der Waals surface area contributed by atoms with Crippen LogP contribution in [-0.4, -0.2) is 44.7 Å². The monoisotopic (exact) mass is 250 g/mol. The normalized spacial score (nSPS) is 12.2. The maximum atomic E-state index is 12.0. The third-order valence-electron chi connectivity index (χ3n) is 2.35. The predicted octanol–water partition coefficient (Wildman–Crippen LogP) is 1.44. The van der Waals surface area contributed by atoms with Crippen LogP contribution in [0.2, 0.25) is 0 Å². The number of hydrogen-bond acceptors (Lipinski definition) is 3. The maximum absolute atomic E-state index is 12.0. The van der Waals surface area contributed by atoms with Crippen molar-refractivity contribution in [3.8, 4) is 0 Å². The highest BCUT2D eigenvalue weighted by molar-refractivity contribution is 7.89.